The second kappa shape index (κ2) is 5.93. The first-order valence-electron chi connectivity index (χ1n) is 7.08. The molecular formula is C19H14O4. The summed E-state index contributed by atoms with van der Waals surface area (Å²) in [6.45, 7) is 3.44. The van der Waals surface area contributed by atoms with Crippen LogP contribution in [0.3, 0.4) is 0 Å². The predicted molar refractivity (Wildman–Crippen MR) is 88.4 cm³/mol. The molecule has 0 aliphatic rings. The third-order valence-corrected chi connectivity index (χ3v) is 3.78. The van der Waals surface area contributed by atoms with Crippen molar-refractivity contribution in [1.29, 1.82) is 0 Å². The van der Waals surface area contributed by atoms with Crippen molar-refractivity contribution in [3.05, 3.63) is 72.3 Å². The van der Waals surface area contributed by atoms with Gasteiger partial charge in [0, 0.05) is 11.6 Å². The van der Waals surface area contributed by atoms with Gasteiger partial charge < -0.3 is 9.84 Å². The number of ether oxygens (including phenoxy) is 1. The van der Waals surface area contributed by atoms with Gasteiger partial charge >= 0.3 is 11.9 Å². The lowest BCUT2D eigenvalue weighted by atomic mass is 9.92. The van der Waals surface area contributed by atoms with Crippen LogP contribution in [0.5, 0.6) is 0 Å². The van der Waals surface area contributed by atoms with E-state index in [2.05, 4.69) is 6.58 Å². The van der Waals surface area contributed by atoms with Crippen LogP contribution in [0.1, 0.15) is 15.9 Å². The van der Waals surface area contributed by atoms with Crippen molar-refractivity contribution >= 4 is 33.5 Å². The summed E-state index contributed by atoms with van der Waals surface area (Å²) in [6, 6.07) is 14.5. The summed E-state index contributed by atoms with van der Waals surface area (Å²) in [5.74, 6) is -1.49. The number of aromatic carboxylic acids is 1. The van der Waals surface area contributed by atoms with Crippen molar-refractivity contribution in [3.8, 4) is 0 Å². The molecule has 0 amide bonds. The molecular weight excluding hydrogens is 292 g/mol. The van der Waals surface area contributed by atoms with Crippen LogP contribution in [-0.4, -0.2) is 17.0 Å². The van der Waals surface area contributed by atoms with Gasteiger partial charge in [-0.3, -0.25) is 0 Å². The van der Waals surface area contributed by atoms with Gasteiger partial charge in [-0.15, -0.1) is 0 Å². The molecule has 0 radical (unpaired) electrons. The lowest BCUT2D eigenvalue weighted by Crippen LogP contribution is -2.05. The minimum Gasteiger partial charge on any atom is -0.478 e. The summed E-state index contributed by atoms with van der Waals surface area (Å²) in [7, 11) is 0. The summed E-state index contributed by atoms with van der Waals surface area (Å²) < 4.78 is 5.19. The van der Waals surface area contributed by atoms with Gasteiger partial charge in [-0.25, -0.2) is 9.59 Å². The van der Waals surface area contributed by atoms with Crippen LogP contribution in [0, 0.1) is 0 Å². The summed E-state index contributed by atoms with van der Waals surface area (Å²) in [5, 5.41) is 12.4. The Hall–Kier alpha value is -3.14. The summed E-state index contributed by atoms with van der Waals surface area (Å²) in [6.07, 6.45) is 1.11. The van der Waals surface area contributed by atoms with Crippen molar-refractivity contribution in [3.63, 3.8) is 0 Å². The fourth-order valence-electron chi connectivity index (χ4n) is 2.81. The van der Waals surface area contributed by atoms with Gasteiger partial charge in [-0.2, -0.15) is 0 Å². The standard InChI is InChI=1S/C19H14O4/c1-2-17(20)23-11-16-12-7-3-5-9-14(12)18(19(21)22)15-10-6-4-8-13(15)16/h2-10H,1,11H2,(H,21,22). The Bertz CT molecular complexity index is 884. The Morgan fingerprint density at radius 3 is 1.87 bits per heavy atom. The zero-order valence-electron chi connectivity index (χ0n) is 12.3. The fraction of sp³-hybridized carbons (Fsp3) is 0.0526. The van der Waals surface area contributed by atoms with E-state index in [0.29, 0.717) is 10.8 Å². The van der Waals surface area contributed by atoms with Crippen molar-refractivity contribution < 1.29 is 19.4 Å². The summed E-state index contributed by atoms with van der Waals surface area (Å²) >= 11 is 0. The van der Waals surface area contributed by atoms with Gasteiger partial charge in [0.15, 0.2) is 0 Å². The van der Waals surface area contributed by atoms with Gasteiger partial charge in [0.1, 0.15) is 6.61 Å². The molecule has 1 N–H and O–H groups in total. The number of fused-ring (bicyclic) bond motifs is 2. The van der Waals surface area contributed by atoms with E-state index < -0.39 is 11.9 Å². The molecule has 3 rings (SSSR count). The SMILES string of the molecule is C=CC(=O)OCc1c2ccccc2c(C(=O)O)c2ccccc12. The fourth-order valence-corrected chi connectivity index (χ4v) is 2.81. The zero-order valence-corrected chi connectivity index (χ0v) is 12.3. The number of rotatable bonds is 4. The molecule has 4 heteroatoms. The molecule has 0 bridgehead atoms. The predicted octanol–water partition coefficient (Wildman–Crippen LogP) is 3.92. The first-order valence-corrected chi connectivity index (χ1v) is 7.08. The number of carbonyl (C=O) groups is 2. The summed E-state index contributed by atoms with van der Waals surface area (Å²) in [4.78, 5) is 23.2. The van der Waals surface area contributed by atoms with E-state index in [4.69, 9.17) is 4.74 Å². The molecule has 23 heavy (non-hydrogen) atoms. The number of benzene rings is 3. The van der Waals surface area contributed by atoms with E-state index in [0.717, 1.165) is 22.4 Å². The highest BCUT2D eigenvalue weighted by Crippen LogP contribution is 2.33. The Morgan fingerprint density at radius 2 is 1.43 bits per heavy atom. The van der Waals surface area contributed by atoms with E-state index in [1.54, 1.807) is 24.3 Å². The maximum absolute atomic E-state index is 11.8. The maximum atomic E-state index is 11.8. The lowest BCUT2D eigenvalue weighted by molar-refractivity contribution is -0.138. The van der Waals surface area contributed by atoms with Crippen LogP contribution < -0.4 is 0 Å². The molecule has 0 spiro atoms. The van der Waals surface area contributed by atoms with Crippen LogP contribution in [0.4, 0.5) is 0 Å². The van der Waals surface area contributed by atoms with Gasteiger partial charge in [-0.05, 0) is 21.5 Å². The highest BCUT2D eigenvalue weighted by Gasteiger charge is 2.18. The van der Waals surface area contributed by atoms with Crippen molar-refractivity contribution in [2.75, 3.05) is 0 Å². The van der Waals surface area contributed by atoms with Crippen molar-refractivity contribution in [1.82, 2.24) is 0 Å². The van der Waals surface area contributed by atoms with Crippen LogP contribution in [0.2, 0.25) is 0 Å². The molecule has 0 fully saturated rings. The van der Waals surface area contributed by atoms with Crippen LogP contribution in [0.15, 0.2) is 61.2 Å². The molecule has 0 aliphatic heterocycles. The first-order chi connectivity index (χ1) is 11.1. The highest BCUT2D eigenvalue weighted by molar-refractivity contribution is 6.17. The molecule has 4 nitrogen and oxygen atoms in total. The molecule has 114 valence electrons. The molecule has 0 aliphatic carbocycles. The Balaban J connectivity index is 2.36. The van der Waals surface area contributed by atoms with Gasteiger partial charge in [-0.1, -0.05) is 55.1 Å². The van der Waals surface area contributed by atoms with E-state index in [-0.39, 0.29) is 12.2 Å². The maximum Gasteiger partial charge on any atom is 0.336 e. The van der Waals surface area contributed by atoms with Crippen LogP contribution in [-0.2, 0) is 16.1 Å². The summed E-state index contributed by atoms with van der Waals surface area (Å²) in [5.41, 5.74) is 1.05. The lowest BCUT2D eigenvalue weighted by Gasteiger charge is -2.14. The smallest absolute Gasteiger partial charge is 0.336 e. The molecule has 0 unspecified atom stereocenters. The normalized spacial score (nSPS) is 10.6. The topological polar surface area (TPSA) is 63.6 Å². The third-order valence-electron chi connectivity index (χ3n) is 3.78. The van der Waals surface area contributed by atoms with Crippen molar-refractivity contribution in [2.45, 2.75) is 6.61 Å². The van der Waals surface area contributed by atoms with Gasteiger partial charge in [0.05, 0.1) is 5.56 Å². The van der Waals surface area contributed by atoms with Crippen LogP contribution in [0.25, 0.3) is 21.5 Å². The number of carboxylic acids is 1. The second-order valence-corrected chi connectivity index (χ2v) is 5.06. The molecule has 0 atom stereocenters. The van der Waals surface area contributed by atoms with E-state index >= 15 is 0 Å². The molecule has 0 heterocycles. The second-order valence-electron chi connectivity index (χ2n) is 5.06. The quantitative estimate of drug-likeness (QED) is 0.451. The van der Waals surface area contributed by atoms with Gasteiger partial charge in [0.25, 0.3) is 0 Å². The highest BCUT2D eigenvalue weighted by atomic mass is 16.5. The minimum absolute atomic E-state index is 0.0613. The first kappa shape index (κ1) is 14.8. The van der Waals surface area contributed by atoms with E-state index in [1.807, 2.05) is 24.3 Å². The number of esters is 1. The van der Waals surface area contributed by atoms with E-state index in [1.165, 1.54) is 0 Å². The zero-order chi connectivity index (χ0) is 16.4. The average molecular weight is 306 g/mol. The number of hydrogen-bond acceptors (Lipinski definition) is 3. The average Bonchev–Trinajstić information content (AvgIpc) is 2.57. The Labute approximate surface area is 132 Å². The number of hydrogen-bond donors (Lipinski definition) is 1. The third kappa shape index (κ3) is 2.55. The number of carboxylic acid groups (broad SMARTS) is 1. The van der Waals surface area contributed by atoms with E-state index in [9.17, 15) is 14.7 Å². The largest absolute Gasteiger partial charge is 0.478 e. The van der Waals surface area contributed by atoms with Gasteiger partial charge in [0.2, 0.25) is 0 Å². The molecule has 0 aromatic heterocycles. The number of carbonyl (C=O) groups excluding carboxylic acids is 1. The molecule has 3 aromatic rings. The molecule has 0 saturated carbocycles. The molecule has 0 saturated heterocycles. The van der Waals surface area contributed by atoms with Crippen molar-refractivity contribution in [2.24, 2.45) is 0 Å². The Morgan fingerprint density at radius 1 is 0.957 bits per heavy atom. The Kier molecular flexibility index (Phi) is 3.81. The molecule has 3 aromatic carbocycles. The monoisotopic (exact) mass is 306 g/mol. The van der Waals surface area contributed by atoms with Crippen LogP contribution >= 0.6 is 0 Å². The minimum atomic E-state index is -0.980.